The van der Waals surface area contributed by atoms with Gasteiger partial charge in [0.2, 0.25) is 5.91 Å². The number of imide groups is 1. The molecule has 0 spiro atoms. The molecule has 2 N–H and O–H groups in total. The van der Waals surface area contributed by atoms with E-state index in [9.17, 15) is 19.2 Å². The van der Waals surface area contributed by atoms with Crippen molar-refractivity contribution in [1.29, 1.82) is 0 Å². The van der Waals surface area contributed by atoms with Crippen LogP contribution in [0.5, 0.6) is 0 Å². The van der Waals surface area contributed by atoms with E-state index < -0.39 is 23.7 Å². The SMILES string of the molecule is O=C(O)CCNC(=O)CCN1C(=O)C=CC1=O. The number of rotatable bonds is 6. The molecule has 92 valence electrons. The molecule has 1 rings (SSSR count). The minimum Gasteiger partial charge on any atom is -0.481 e. The van der Waals surface area contributed by atoms with Gasteiger partial charge in [0.05, 0.1) is 6.42 Å². The average Bonchev–Trinajstić information content (AvgIpc) is 2.55. The van der Waals surface area contributed by atoms with Crippen molar-refractivity contribution in [3.05, 3.63) is 12.2 Å². The molecule has 7 nitrogen and oxygen atoms in total. The van der Waals surface area contributed by atoms with Crippen LogP contribution in [0.15, 0.2) is 12.2 Å². The van der Waals surface area contributed by atoms with E-state index in [0.717, 1.165) is 17.1 Å². The van der Waals surface area contributed by atoms with Gasteiger partial charge in [-0.2, -0.15) is 0 Å². The van der Waals surface area contributed by atoms with Crippen molar-refractivity contribution in [2.75, 3.05) is 13.1 Å². The highest BCUT2D eigenvalue weighted by atomic mass is 16.4. The topological polar surface area (TPSA) is 104 Å². The van der Waals surface area contributed by atoms with E-state index in [1.807, 2.05) is 0 Å². The molecule has 0 saturated heterocycles. The van der Waals surface area contributed by atoms with Crippen LogP contribution in [0.2, 0.25) is 0 Å². The van der Waals surface area contributed by atoms with E-state index in [2.05, 4.69) is 5.32 Å². The van der Waals surface area contributed by atoms with Crippen LogP contribution in [0, 0.1) is 0 Å². The van der Waals surface area contributed by atoms with Gasteiger partial charge in [0.1, 0.15) is 0 Å². The van der Waals surface area contributed by atoms with Crippen LogP contribution in [0.4, 0.5) is 0 Å². The number of aliphatic carboxylic acids is 1. The molecule has 0 atom stereocenters. The third kappa shape index (κ3) is 4.06. The fourth-order valence-electron chi connectivity index (χ4n) is 1.26. The molecule has 7 heteroatoms. The summed E-state index contributed by atoms with van der Waals surface area (Å²) in [6, 6.07) is 0. The van der Waals surface area contributed by atoms with Crippen molar-refractivity contribution in [3.8, 4) is 0 Å². The Morgan fingerprint density at radius 2 is 1.76 bits per heavy atom. The molecule has 0 aromatic rings. The van der Waals surface area contributed by atoms with Crippen LogP contribution < -0.4 is 5.32 Å². The second-order valence-corrected chi connectivity index (χ2v) is 3.41. The first kappa shape index (κ1) is 12.9. The lowest BCUT2D eigenvalue weighted by atomic mass is 10.3. The molecule has 3 amide bonds. The molecule has 1 heterocycles. The highest BCUT2D eigenvalue weighted by molar-refractivity contribution is 6.13. The zero-order valence-corrected chi connectivity index (χ0v) is 9.01. The number of hydrogen-bond acceptors (Lipinski definition) is 4. The molecule has 0 aliphatic carbocycles. The van der Waals surface area contributed by atoms with Gasteiger partial charge in [0, 0.05) is 31.7 Å². The first-order valence-electron chi connectivity index (χ1n) is 5.02. The maximum atomic E-state index is 11.2. The van der Waals surface area contributed by atoms with Crippen LogP contribution in [-0.2, 0) is 19.2 Å². The van der Waals surface area contributed by atoms with E-state index in [0.29, 0.717) is 0 Å². The lowest BCUT2D eigenvalue weighted by Crippen LogP contribution is -2.35. The largest absolute Gasteiger partial charge is 0.481 e. The number of carboxylic acids is 1. The summed E-state index contributed by atoms with van der Waals surface area (Å²) >= 11 is 0. The molecule has 0 aromatic heterocycles. The fourth-order valence-corrected chi connectivity index (χ4v) is 1.26. The summed E-state index contributed by atoms with van der Waals surface area (Å²) in [7, 11) is 0. The Morgan fingerprint density at radius 3 is 2.29 bits per heavy atom. The Kier molecular flexibility index (Phi) is 4.38. The van der Waals surface area contributed by atoms with Gasteiger partial charge in [-0.15, -0.1) is 0 Å². The highest BCUT2D eigenvalue weighted by Crippen LogP contribution is 2.03. The van der Waals surface area contributed by atoms with Gasteiger partial charge in [-0.25, -0.2) is 0 Å². The Labute approximate surface area is 97.1 Å². The second-order valence-electron chi connectivity index (χ2n) is 3.41. The number of amides is 3. The first-order chi connectivity index (χ1) is 8.00. The summed E-state index contributed by atoms with van der Waals surface area (Å²) in [5, 5.41) is 10.7. The predicted molar refractivity (Wildman–Crippen MR) is 55.7 cm³/mol. The van der Waals surface area contributed by atoms with Crippen LogP contribution >= 0.6 is 0 Å². The summed E-state index contributed by atoms with van der Waals surface area (Å²) in [6.45, 7) is 0.0396. The van der Waals surface area contributed by atoms with E-state index in [1.54, 1.807) is 0 Å². The van der Waals surface area contributed by atoms with Crippen LogP contribution in [0.3, 0.4) is 0 Å². The molecular weight excluding hydrogens is 228 g/mol. The molecular formula is C10H12N2O5. The molecule has 0 radical (unpaired) electrons. The molecule has 0 unspecified atom stereocenters. The highest BCUT2D eigenvalue weighted by Gasteiger charge is 2.23. The lowest BCUT2D eigenvalue weighted by molar-refractivity contribution is -0.138. The van der Waals surface area contributed by atoms with Gasteiger partial charge < -0.3 is 10.4 Å². The zero-order valence-electron chi connectivity index (χ0n) is 9.01. The van der Waals surface area contributed by atoms with Gasteiger partial charge in [-0.3, -0.25) is 24.1 Å². The summed E-state index contributed by atoms with van der Waals surface area (Å²) in [6.07, 6.45) is 2.10. The summed E-state index contributed by atoms with van der Waals surface area (Å²) in [5.74, 6) is -2.26. The Morgan fingerprint density at radius 1 is 1.18 bits per heavy atom. The molecule has 17 heavy (non-hydrogen) atoms. The molecule has 0 fully saturated rings. The van der Waals surface area contributed by atoms with Crippen molar-refractivity contribution >= 4 is 23.7 Å². The number of nitrogens with zero attached hydrogens (tertiary/aromatic N) is 1. The van der Waals surface area contributed by atoms with Crippen molar-refractivity contribution in [3.63, 3.8) is 0 Å². The number of nitrogens with one attached hydrogen (secondary N) is 1. The monoisotopic (exact) mass is 240 g/mol. The van der Waals surface area contributed by atoms with E-state index >= 15 is 0 Å². The lowest BCUT2D eigenvalue weighted by Gasteiger charge is -2.12. The standard InChI is InChI=1S/C10H12N2O5/c13-7(11-5-3-10(16)17)4-6-12-8(14)1-2-9(12)15/h1-2H,3-6H2,(H,11,13)(H,16,17). The maximum absolute atomic E-state index is 11.2. The quantitative estimate of drug-likeness (QED) is 0.573. The van der Waals surface area contributed by atoms with E-state index in [4.69, 9.17) is 5.11 Å². The molecule has 1 aliphatic heterocycles. The Bertz CT molecular complexity index is 370. The van der Waals surface area contributed by atoms with Gasteiger partial charge in [-0.1, -0.05) is 0 Å². The van der Waals surface area contributed by atoms with Crippen molar-refractivity contribution in [2.45, 2.75) is 12.8 Å². The maximum Gasteiger partial charge on any atom is 0.305 e. The number of hydrogen-bond donors (Lipinski definition) is 2. The molecule has 0 bridgehead atoms. The van der Waals surface area contributed by atoms with Crippen LogP contribution in [0.25, 0.3) is 0 Å². The van der Waals surface area contributed by atoms with E-state index in [1.165, 1.54) is 0 Å². The van der Waals surface area contributed by atoms with E-state index in [-0.39, 0.29) is 25.9 Å². The first-order valence-corrected chi connectivity index (χ1v) is 5.02. The third-order valence-electron chi connectivity index (χ3n) is 2.12. The van der Waals surface area contributed by atoms with Gasteiger partial charge in [0.25, 0.3) is 11.8 Å². The van der Waals surface area contributed by atoms with Crippen molar-refractivity contribution < 1.29 is 24.3 Å². The van der Waals surface area contributed by atoms with Gasteiger partial charge in [0.15, 0.2) is 0 Å². The van der Waals surface area contributed by atoms with Gasteiger partial charge in [-0.05, 0) is 0 Å². The second kappa shape index (κ2) is 5.78. The summed E-state index contributed by atoms with van der Waals surface area (Å²) in [4.78, 5) is 44.6. The molecule has 0 aromatic carbocycles. The Hall–Kier alpha value is -2.18. The third-order valence-corrected chi connectivity index (χ3v) is 2.12. The predicted octanol–water partition coefficient (Wildman–Crippen LogP) is -1.11. The van der Waals surface area contributed by atoms with Gasteiger partial charge >= 0.3 is 5.97 Å². The van der Waals surface area contributed by atoms with Crippen molar-refractivity contribution in [1.82, 2.24) is 10.2 Å². The fraction of sp³-hybridized carbons (Fsp3) is 0.400. The molecule has 1 aliphatic rings. The Balaban J connectivity index is 2.22. The zero-order chi connectivity index (χ0) is 12.8. The summed E-state index contributed by atoms with van der Waals surface area (Å²) in [5.41, 5.74) is 0. The normalized spacial score (nSPS) is 14.2. The minimum absolute atomic E-state index is 0.00354. The minimum atomic E-state index is -1.00. The van der Waals surface area contributed by atoms with Crippen molar-refractivity contribution in [2.24, 2.45) is 0 Å². The average molecular weight is 240 g/mol. The number of carbonyl (C=O) groups excluding carboxylic acids is 3. The van der Waals surface area contributed by atoms with Crippen LogP contribution in [-0.4, -0.2) is 46.8 Å². The van der Waals surface area contributed by atoms with Crippen LogP contribution in [0.1, 0.15) is 12.8 Å². The molecule has 0 saturated carbocycles. The smallest absolute Gasteiger partial charge is 0.305 e. The number of carbonyl (C=O) groups is 4. The summed E-state index contributed by atoms with van der Waals surface area (Å²) < 4.78 is 0. The number of carboxylic acid groups (broad SMARTS) is 1.